The molecule has 2 aromatic carbocycles. The van der Waals surface area contributed by atoms with E-state index in [2.05, 4.69) is 5.32 Å². The second-order valence-corrected chi connectivity index (χ2v) is 5.78. The average molecular weight is 299 g/mol. The number of rotatable bonds is 5. The SMILES string of the molecule is COc1ccc(-c2ccccc2)cc1C(=O)NCC(C)(C)O. The molecule has 0 spiro atoms. The van der Waals surface area contributed by atoms with Crippen LogP contribution in [-0.4, -0.2) is 30.3 Å². The molecule has 0 aliphatic carbocycles. The van der Waals surface area contributed by atoms with Gasteiger partial charge < -0.3 is 15.2 Å². The Morgan fingerprint density at radius 3 is 2.41 bits per heavy atom. The molecule has 0 aromatic heterocycles. The van der Waals surface area contributed by atoms with Gasteiger partial charge in [0.15, 0.2) is 0 Å². The van der Waals surface area contributed by atoms with Gasteiger partial charge in [-0.15, -0.1) is 0 Å². The Morgan fingerprint density at radius 2 is 1.82 bits per heavy atom. The van der Waals surface area contributed by atoms with Crippen molar-refractivity contribution in [3.05, 3.63) is 54.1 Å². The van der Waals surface area contributed by atoms with Crippen LogP contribution in [0.3, 0.4) is 0 Å². The maximum atomic E-state index is 12.4. The van der Waals surface area contributed by atoms with Gasteiger partial charge in [0.05, 0.1) is 18.3 Å². The monoisotopic (exact) mass is 299 g/mol. The first-order valence-electron chi connectivity index (χ1n) is 7.15. The number of amides is 1. The molecule has 2 rings (SSSR count). The molecule has 116 valence electrons. The van der Waals surface area contributed by atoms with Gasteiger partial charge in [0.1, 0.15) is 5.75 Å². The number of carbonyl (C=O) groups excluding carboxylic acids is 1. The first-order valence-corrected chi connectivity index (χ1v) is 7.15. The van der Waals surface area contributed by atoms with Gasteiger partial charge in [-0.05, 0) is 37.1 Å². The lowest BCUT2D eigenvalue weighted by molar-refractivity contribution is 0.0693. The van der Waals surface area contributed by atoms with Gasteiger partial charge in [-0.1, -0.05) is 36.4 Å². The number of methoxy groups -OCH3 is 1. The molecule has 1 amide bonds. The highest BCUT2D eigenvalue weighted by atomic mass is 16.5. The van der Waals surface area contributed by atoms with Crippen molar-refractivity contribution in [3.63, 3.8) is 0 Å². The second kappa shape index (κ2) is 6.62. The quantitative estimate of drug-likeness (QED) is 0.892. The van der Waals surface area contributed by atoms with Crippen molar-refractivity contribution in [2.24, 2.45) is 0 Å². The Balaban J connectivity index is 2.31. The van der Waals surface area contributed by atoms with Gasteiger partial charge in [0, 0.05) is 6.54 Å². The fourth-order valence-corrected chi connectivity index (χ4v) is 2.09. The van der Waals surface area contributed by atoms with Gasteiger partial charge in [-0.2, -0.15) is 0 Å². The summed E-state index contributed by atoms with van der Waals surface area (Å²) in [4.78, 5) is 12.4. The van der Waals surface area contributed by atoms with E-state index in [1.54, 1.807) is 26.0 Å². The topological polar surface area (TPSA) is 58.6 Å². The molecule has 0 atom stereocenters. The van der Waals surface area contributed by atoms with Gasteiger partial charge >= 0.3 is 0 Å². The third-order valence-electron chi connectivity index (χ3n) is 3.23. The molecule has 22 heavy (non-hydrogen) atoms. The van der Waals surface area contributed by atoms with Crippen LogP contribution in [-0.2, 0) is 0 Å². The lowest BCUT2D eigenvalue weighted by Gasteiger charge is -2.18. The van der Waals surface area contributed by atoms with E-state index in [0.29, 0.717) is 11.3 Å². The van der Waals surface area contributed by atoms with E-state index >= 15 is 0 Å². The molecule has 0 saturated heterocycles. The van der Waals surface area contributed by atoms with Gasteiger partial charge in [-0.3, -0.25) is 4.79 Å². The summed E-state index contributed by atoms with van der Waals surface area (Å²) in [5.41, 5.74) is 1.46. The summed E-state index contributed by atoms with van der Waals surface area (Å²) in [7, 11) is 1.53. The molecule has 4 nitrogen and oxygen atoms in total. The predicted molar refractivity (Wildman–Crippen MR) is 87.1 cm³/mol. The number of aliphatic hydroxyl groups is 1. The summed E-state index contributed by atoms with van der Waals surface area (Å²) in [6, 6.07) is 15.3. The van der Waals surface area contributed by atoms with E-state index in [1.807, 2.05) is 36.4 Å². The highest BCUT2D eigenvalue weighted by Crippen LogP contribution is 2.26. The minimum Gasteiger partial charge on any atom is -0.496 e. The maximum absolute atomic E-state index is 12.4. The fraction of sp³-hybridized carbons (Fsp3) is 0.278. The highest BCUT2D eigenvalue weighted by molar-refractivity contribution is 5.98. The maximum Gasteiger partial charge on any atom is 0.255 e. The fourth-order valence-electron chi connectivity index (χ4n) is 2.09. The minimum atomic E-state index is -0.958. The van der Waals surface area contributed by atoms with Crippen molar-refractivity contribution in [2.45, 2.75) is 19.4 Å². The number of nitrogens with one attached hydrogen (secondary N) is 1. The average Bonchev–Trinajstić information content (AvgIpc) is 2.52. The first kappa shape index (κ1) is 16.0. The Morgan fingerprint density at radius 1 is 1.14 bits per heavy atom. The Hall–Kier alpha value is -2.33. The summed E-state index contributed by atoms with van der Waals surface area (Å²) in [5.74, 6) is 0.240. The van der Waals surface area contributed by atoms with Crippen LogP contribution in [0.1, 0.15) is 24.2 Å². The standard InChI is InChI=1S/C18H21NO3/c1-18(2,21)12-19-17(20)15-11-14(9-10-16(15)22-3)13-7-5-4-6-8-13/h4-11,21H,12H2,1-3H3,(H,19,20). The van der Waals surface area contributed by atoms with Crippen LogP contribution in [0, 0.1) is 0 Å². The molecule has 0 saturated carbocycles. The summed E-state index contributed by atoms with van der Waals surface area (Å²) in [5, 5.41) is 12.4. The van der Waals surface area contributed by atoms with Gasteiger partial charge in [0.2, 0.25) is 0 Å². The number of ether oxygens (including phenoxy) is 1. The smallest absolute Gasteiger partial charge is 0.255 e. The third kappa shape index (κ3) is 4.09. The number of hydrogen-bond donors (Lipinski definition) is 2. The Bertz CT molecular complexity index is 645. The molecule has 4 heteroatoms. The van der Waals surface area contributed by atoms with E-state index in [4.69, 9.17) is 4.74 Å². The molecule has 0 heterocycles. The van der Waals surface area contributed by atoms with Crippen LogP contribution in [0.2, 0.25) is 0 Å². The highest BCUT2D eigenvalue weighted by Gasteiger charge is 2.18. The zero-order chi connectivity index (χ0) is 16.2. The van der Waals surface area contributed by atoms with E-state index in [9.17, 15) is 9.90 Å². The van der Waals surface area contributed by atoms with Crippen molar-refractivity contribution in [1.82, 2.24) is 5.32 Å². The summed E-state index contributed by atoms with van der Waals surface area (Å²) < 4.78 is 5.27. The molecule has 0 bridgehead atoms. The van der Waals surface area contributed by atoms with Crippen LogP contribution in [0.25, 0.3) is 11.1 Å². The predicted octanol–water partition coefficient (Wildman–Crippen LogP) is 2.86. The Labute approximate surface area is 130 Å². The van der Waals surface area contributed by atoms with E-state index in [0.717, 1.165) is 11.1 Å². The summed E-state index contributed by atoms with van der Waals surface area (Å²) in [6.45, 7) is 3.46. The van der Waals surface area contributed by atoms with Gasteiger partial charge in [-0.25, -0.2) is 0 Å². The normalized spacial score (nSPS) is 11.1. The first-order chi connectivity index (χ1) is 10.4. The molecule has 0 aliphatic heterocycles. The lowest BCUT2D eigenvalue weighted by Crippen LogP contribution is -2.38. The number of hydrogen-bond acceptors (Lipinski definition) is 3. The third-order valence-corrected chi connectivity index (χ3v) is 3.23. The van der Waals surface area contributed by atoms with E-state index in [1.165, 1.54) is 7.11 Å². The molecular formula is C18H21NO3. The summed E-state index contributed by atoms with van der Waals surface area (Å²) >= 11 is 0. The van der Waals surface area contributed by atoms with Crippen molar-refractivity contribution >= 4 is 5.91 Å². The second-order valence-electron chi connectivity index (χ2n) is 5.78. The van der Waals surface area contributed by atoms with E-state index < -0.39 is 5.60 Å². The lowest BCUT2D eigenvalue weighted by atomic mass is 10.0. The van der Waals surface area contributed by atoms with Crippen LogP contribution in [0.5, 0.6) is 5.75 Å². The summed E-state index contributed by atoms with van der Waals surface area (Å²) in [6.07, 6.45) is 0. The van der Waals surface area contributed by atoms with Crippen molar-refractivity contribution in [1.29, 1.82) is 0 Å². The van der Waals surface area contributed by atoms with Crippen molar-refractivity contribution in [2.75, 3.05) is 13.7 Å². The zero-order valence-corrected chi connectivity index (χ0v) is 13.1. The molecule has 0 fully saturated rings. The van der Waals surface area contributed by atoms with E-state index in [-0.39, 0.29) is 12.5 Å². The molecule has 0 unspecified atom stereocenters. The van der Waals surface area contributed by atoms with Crippen LogP contribution in [0.15, 0.2) is 48.5 Å². The zero-order valence-electron chi connectivity index (χ0n) is 13.1. The van der Waals surface area contributed by atoms with Crippen LogP contribution >= 0.6 is 0 Å². The van der Waals surface area contributed by atoms with Crippen molar-refractivity contribution in [3.8, 4) is 16.9 Å². The van der Waals surface area contributed by atoms with Crippen LogP contribution in [0.4, 0.5) is 0 Å². The Kier molecular flexibility index (Phi) is 4.83. The van der Waals surface area contributed by atoms with Crippen molar-refractivity contribution < 1.29 is 14.6 Å². The molecule has 2 N–H and O–H groups in total. The molecule has 0 aliphatic rings. The van der Waals surface area contributed by atoms with Gasteiger partial charge in [0.25, 0.3) is 5.91 Å². The largest absolute Gasteiger partial charge is 0.496 e. The van der Waals surface area contributed by atoms with Crippen LogP contribution < -0.4 is 10.1 Å². The molecule has 0 radical (unpaired) electrons. The minimum absolute atomic E-state index is 0.171. The number of benzene rings is 2. The number of carbonyl (C=O) groups is 1. The molecular weight excluding hydrogens is 278 g/mol. The molecule has 2 aromatic rings.